The van der Waals surface area contributed by atoms with E-state index in [4.69, 9.17) is 11.6 Å². The molecule has 0 aliphatic heterocycles. The molecule has 1 N–H and O–H groups in total. The molecule has 0 spiro atoms. The number of amides is 1. The Morgan fingerprint density at radius 3 is 2.65 bits per heavy atom. The van der Waals surface area contributed by atoms with Gasteiger partial charge >= 0.3 is 0 Å². The minimum absolute atomic E-state index is 0.139. The van der Waals surface area contributed by atoms with Crippen molar-refractivity contribution in [3.8, 4) is 0 Å². The van der Waals surface area contributed by atoms with Gasteiger partial charge in [-0.2, -0.15) is 0 Å². The number of hydrogen-bond acceptors (Lipinski definition) is 1. The van der Waals surface area contributed by atoms with E-state index in [1.54, 1.807) is 12.1 Å². The maximum Gasteiger partial charge on any atom is 0.244 e. The summed E-state index contributed by atoms with van der Waals surface area (Å²) in [7, 11) is 0. The Labute approximate surface area is 124 Å². The smallest absolute Gasteiger partial charge is 0.244 e. The Kier molecular flexibility index (Phi) is 4.19. The average Bonchev–Trinajstić information content (AvgIpc) is 3.10. The standard InChI is InChI=1S/C16H19ClFNO/c1-10(11-4-5-11)8-15(20)19-16(2,3)13-7-6-12(18)9-14(13)17/h6-9,11H,4-5H2,1-3H3,(H,19,20)/b10-8-. The third-order valence-electron chi connectivity index (χ3n) is 3.62. The van der Waals surface area contributed by atoms with E-state index in [1.807, 2.05) is 20.8 Å². The van der Waals surface area contributed by atoms with E-state index in [2.05, 4.69) is 5.32 Å². The molecule has 1 aromatic rings. The molecular weight excluding hydrogens is 277 g/mol. The molecule has 0 atom stereocenters. The molecule has 0 bridgehead atoms. The van der Waals surface area contributed by atoms with Gasteiger partial charge in [-0.15, -0.1) is 0 Å². The van der Waals surface area contributed by atoms with Crippen LogP contribution in [-0.4, -0.2) is 5.91 Å². The first-order valence-electron chi connectivity index (χ1n) is 6.75. The van der Waals surface area contributed by atoms with Crippen LogP contribution in [-0.2, 0) is 10.3 Å². The van der Waals surface area contributed by atoms with Crippen LogP contribution in [0.5, 0.6) is 0 Å². The van der Waals surface area contributed by atoms with E-state index in [1.165, 1.54) is 25.0 Å². The van der Waals surface area contributed by atoms with Crippen molar-refractivity contribution in [3.05, 3.63) is 46.3 Å². The summed E-state index contributed by atoms with van der Waals surface area (Å²) in [5, 5.41) is 3.24. The lowest BCUT2D eigenvalue weighted by atomic mass is 9.94. The maximum absolute atomic E-state index is 13.1. The zero-order chi connectivity index (χ0) is 14.9. The van der Waals surface area contributed by atoms with E-state index in [-0.39, 0.29) is 11.7 Å². The maximum atomic E-state index is 13.1. The second-order valence-electron chi connectivity index (χ2n) is 5.90. The number of carbonyl (C=O) groups is 1. The van der Waals surface area contributed by atoms with Gasteiger partial charge in [0.1, 0.15) is 5.82 Å². The van der Waals surface area contributed by atoms with Crippen molar-refractivity contribution in [2.45, 2.75) is 39.2 Å². The Morgan fingerprint density at radius 2 is 2.10 bits per heavy atom. The number of allylic oxidation sites excluding steroid dienone is 1. The molecule has 1 aliphatic carbocycles. The lowest BCUT2D eigenvalue weighted by Gasteiger charge is -2.27. The summed E-state index contributed by atoms with van der Waals surface area (Å²) in [5.41, 5.74) is 1.16. The zero-order valence-corrected chi connectivity index (χ0v) is 12.7. The fourth-order valence-electron chi connectivity index (χ4n) is 2.27. The van der Waals surface area contributed by atoms with Gasteiger partial charge in [-0.05, 0) is 57.2 Å². The van der Waals surface area contributed by atoms with Gasteiger partial charge in [0, 0.05) is 11.1 Å². The molecule has 0 saturated heterocycles. The van der Waals surface area contributed by atoms with Crippen molar-refractivity contribution < 1.29 is 9.18 Å². The Bertz CT molecular complexity index is 562. The van der Waals surface area contributed by atoms with Crippen LogP contribution < -0.4 is 5.32 Å². The van der Waals surface area contributed by atoms with E-state index in [9.17, 15) is 9.18 Å². The van der Waals surface area contributed by atoms with Crippen LogP contribution >= 0.6 is 11.6 Å². The van der Waals surface area contributed by atoms with Gasteiger partial charge in [0.2, 0.25) is 5.91 Å². The highest BCUT2D eigenvalue weighted by atomic mass is 35.5. The number of halogens is 2. The molecule has 20 heavy (non-hydrogen) atoms. The summed E-state index contributed by atoms with van der Waals surface area (Å²) in [5.74, 6) is 0.0448. The van der Waals surface area contributed by atoms with Gasteiger partial charge in [-0.3, -0.25) is 4.79 Å². The molecule has 0 radical (unpaired) electrons. The van der Waals surface area contributed by atoms with E-state index in [0.29, 0.717) is 16.5 Å². The molecule has 4 heteroatoms. The Morgan fingerprint density at radius 1 is 1.45 bits per heavy atom. The highest BCUT2D eigenvalue weighted by Crippen LogP contribution is 2.36. The van der Waals surface area contributed by atoms with Crippen molar-refractivity contribution in [1.29, 1.82) is 0 Å². The third-order valence-corrected chi connectivity index (χ3v) is 3.93. The summed E-state index contributed by atoms with van der Waals surface area (Å²) >= 11 is 6.06. The highest BCUT2D eigenvalue weighted by molar-refractivity contribution is 6.31. The number of benzene rings is 1. The SMILES string of the molecule is C/C(=C/C(=O)NC(C)(C)c1ccc(F)cc1Cl)C1CC1. The van der Waals surface area contributed by atoms with E-state index in [0.717, 1.165) is 5.57 Å². The molecule has 0 unspecified atom stereocenters. The van der Waals surface area contributed by atoms with Crippen LogP contribution in [0.1, 0.15) is 39.2 Å². The van der Waals surface area contributed by atoms with Crippen LogP contribution in [0.4, 0.5) is 4.39 Å². The molecule has 108 valence electrons. The molecule has 2 rings (SSSR count). The molecular formula is C16H19ClFNO. The van der Waals surface area contributed by atoms with E-state index < -0.39 is 5.54 Å². The highest BCUT2D eigenvalue weighted by Gasteiger charge is 2.27. The van der Waals surface area contributed by atoms with Crippen LogP contribution in [0.2, 0.25) is 5.02 Å². The topological polar surface area (TPSA) is 29.1 Å². The van der Waals surface area contributed by atoms with Crippen molar-refractivity contribution >= 4 is 17.5 Å². The summed E-state index contributed by atoms with van der Waals surface area (Å²) in [6.07, 6.45) is 3.99. The van der Waals surface area contributed by atoms with Crippen molar-refractivity contribution in [2.24, 2.45) is 5.92 Å². The van der Waals surface area contributed by atoms with Crippen LogP contribution in [0, 0.1) is 11.7 Å². The molecule has 0 heterocycles. The van der Waals surface area contributed by atoms with Gasteiger partial charge in [0.05, 0.1) is 5.54 Å². The van der Waals surface area contributed by atoms with Crippen LogP contribution in [0.15, 0.2) is 29.8 Å². The number of hydrogen-bond donors (Lipinski definition) is 1. The van der Waals surface area contributed by atoms with Crippen LogP contribution in [0.3, 0.4) is 0 Å². The predicted molar refractivity (Wildman–Crippen MR) is 79.1 cm³/mol. The molecule has 1 saturated carbocycles. The number of nitrogens with one attached hydrogen (secondary N) is 1. The van der Waals surface area contributed by atoms with Gasteiger partial charge in [0.15, 0.2) is 0 Å². The second kappa shape index (κ2) is 5.57. The molecule has 1 fully saturated rings. The fourth-order valence-corrected chi connectivity index (χ4v) is 2.67. The monoisotopic (exact) mass is 295 g/mol. The number of rotatable bonds is 4. The van der Waals surface area contributed by atoms with Gasteiger partial charge in [0.25, 0.3) is 0 Å². The first-order chi connectivity index (χ1) is 9.29. The fraction of sp³-hybridized carbons (Fsp3) is 0.438. The van der Waals surface area contributed by atoms with Crippen molar-refractivity contribution in [2.75, 3.05) is 0 Å². The third kappa shape index (κ3) is 3.60. The molecule has 1 aromatic carbocycles. The molecule has 2 nitrogen and oxygen atoms in total. The Balaban J connectivity index is 2.13. The summed E-state index contributed by atoms with van der Waals surface area (Å²) in [6, 6.07) is 4.21. The first-order valence-corrected chi connectivity index (χ1v) is 7.13. The average molecular weight is 296 g/mol. The van der Waals surface area contributed by atoms with Gasteiger partial charge in [-0.25, -0.2) is 4.39 Å². The van der Waals surface area contributed by atoms with Gasteiger partial charge < -0.3 is 5.32 Å². The Hall–Kier alpha value is -1.35. The largest absolute Gasteiger partial charge is 0.344 e. The predicted octanol–water partition coefficient (Wildman–Crippen LogP) is 4.19. The first kappa shape index (κ1) is 15.0. The summed E-state index contributed by atoms with van der Waals surface area (Å²) < 4.78 is 13.1. The normalized spacial score (nSPS) is 16.1. The molecule has 0 aromatic heterocycles. The minimum atomic E-state index is -0.651. The zero-order valence-electron chi connectivity index (χ0n) is 12.0. The summed E-state index contributed by atoms with van der Waals surface area (Å²) in [6.45, 7) is 5.68. The summed E-state index contributed by atoms with van der Waals surface area (Å²) in [4.78, 5) is 12.0. The van der Waals surface area contributed by atoms with Gasteiger partial charge in [-0.1, -0.05) is 23.2 Å². The lowest BCUT2D eigenvalue weighted by molar-refractivity contribution is -0.118. The minimum Gasteiger partial charge on any atom is -0.344 e. The quantitative estimate of drug-likeness (QED) is 0.829. The second-order valence-corrected chi connectivity index (χ2v) is 6.31. The number of carbonyl (C=O) groups excluding carboxylic acids is 1. The molecule has 1 aliphatic rings. The lowest BCUT2D eigenvalue weighted by Crippen LogP contribution is -2.40. The van der Waals surface area contributed by atoms with Crippen LogP contribution in [0.25, 0.3) is 0 Å². The van der Waals surface area contributed by atoms with E-state index >= 15 is 0 Å². The van der Waals surface area contributed by atoms with Crippen molar-refractivity contribution in [3.63, 3.8) is 0 Å². The molecule has 1 amide bonds. The van der Waals surface area contributed by atoms with Crippen molar-refractivity contribution in [1.82, 2.24) is 5.32 Å².